The quantitative estimate of drug-likeness (QED) is 0.815. The summed E-state index contributed by atoms with van der Waals surface area (Å²) in [5, 5.41) is 12.6. The lowest BCUT2D eigenvalue weighted by Gasteiger charge is -2.58. The smallest absolute Gasteiger partial charge is 0.322 e. The average Bonchev–Trinajstić information content (AvgIpc) is 2.72. The number of piperazine rings is 1. The van der Waals surface area contributed by atoms with Crippen LogP contribution in [-0.2, 0) is 4.79 Å². The van der Waals surface area contributed by atoms with E-state index in [1.807, 2.05) is 43.3 Å². The van der Waals surface area contributed by atoms with Gasteiger partial charge in [0.2, 0.25) is 5.91 Å². The second-order valence-electron chi connectivity index (χ2n) is 7.63. The summed E-state index contributed by atoms with van der Waals surface area (Å²) in [7, 11) is 0. The SMILES string of the molecule is C/C=C/c1ccc([C@H]2[C@@H](CO)N3C(=O)CN(C(=O)Nc4ccc(F)cc4)C[C@H]23)cc1. The van der Waals surface area contributed by atoms with Gasteiger partial charge in [0.05, 0.1) is 18.7 Å². The molecule has 0 aliphatic carbocycles. The number of carbonyl (C=O) groups excluding carboxylic acids is 2. The number of aliphatic hydroxyl groups is 1. The zero-order chi connectivity index (χ0) is 21.3. The lowest BCUT2D eigenvalue weighted by molar-refractivity contribution is -0.159. The van der Waals surface area contributed by atoms with Crippen molar-refractivity contribution in [3.8, 4) is 0 Å². The van der Waals surface area contributed by atoms with Gasteiger partial charge in [0.1, 0.15) is 12.4 Å². The molecule has 0 saturated carbocycles. The molecule has 2 heterocycles. The van der Waals surface area contributed by atoms with E-state index in [1.165, 1.54) is 29.2 Å². The van der Waals surface area contributed by atoms with Gasteiger partial charge in [-0.2, -0.15) is 0 Å². The number of anilines is 1. The molecule has 2 aromatic carbocycles. The second kappa shape index (κ2) is 8.28. The highest BCUT2D eigenvalue weighted by Crippen LogP contribution is 2.43. The summed E-state index contributed by atoms with van der Waals surface area (Å²) >= 11 is 0. The maximum Gasteiger partial charge on any atom is 0.322 e. The third kappa shape index (κ3) is 3.68. The van der Waals surface area contributed by atoms with Gasteiger partial charge >= 0.3 is 6.03 Å². The van der Waals surface area contributed by atoms with E-state index in [9.17, 15) is 19.1 Å². The lowest BCUT2D eigenvalue weighted by atomic mass is 9.73. The zero-order valence-electron chi connectivity index (χ0n) is 16.7. The minimum absolute atomic E-state index is 0.0416. The number of allylic oxidation sites excluding steroid dienone is 1. The molecule has 4 rings (SSSR count). The Morgan fingerprint density at radius 1 is 1.20 bits per heavy atom. The average molecular weight is 409 g/mol. The topological polar surface area (TPSA) is 72.9 Å². The van der Waals surface area contributed by atoms with Gasteiger partial charge < -0.3 is 20.2 Å². The van der Waals surface area contributed by atoms with Crippen molar-refractivity contribution in [2.75, 3.05) is 25.0 Å². The summed E-state index contributed by atoms with van der Waals surface area (Å²) in [5.41, 5.74) is 2.59. The van der Waals surface area contributed by atoms with E-state index in [1.54, 1.807) is 4.90 Å². The van der Waals surface area contributed by atoms with E-state index in [0.717, 1.165) is 11.1 Å². The molecule has 7 heteroatoms. The van der Waals surface area contributed by atoms with Crippen LogP contribution in [0.2, 0.25) is 0 Å². The maximum absolute atomic E-state index is 13.1. The van der Waals surface area contributed by atoms with Crippen LogP contribution in [-0.4, -0.2) is 58.6 Å². The van der Waals surface area contributed by atoms with E-state index in [4.69, 9.17) is 0 Å². The van der Waals surface area contributed by atoms with Crippen molar-refractivity contribution in [1.29, 1.82) is 0 Å². The third-order valence-corrected chi connectivity index (χ3v) is 5.82. The Labute approximate surface area is 174 Å². The molecule has 0 spiro atoms. The van der Waals surface area contributed by atoms with Crippen LogP contribution in [0.25, 0.3) is 6.08 Å². The van der Waals surface area contributed by atoms with Crippen molar-refractivity contribution < 1.29 is 19.1 Å². The summed E-state index contributed by atoms with van der Waals surface area (Å²) in [6.45, 7) is 2.16. The molecule has 2 aliphatic rings. The molecule has 156 valence electrons. The number of amides is 3. The Morgan fingerprint density at radius 3 is 2.53 bits per heavy atom. The Balaban J connectivity index is 1.50. The van der Waals surface area contributed by atoms with Crippen molar-refractivity contribution in [1.82, 2.24) is 9.80 Å². The molecule has 2 fully saturated rings. The number of carbonyl (C=O) groups is 2. The molecule has 0 bridgehead atoms. The van der Waals surface area contributed by atoms with E-state index in [0.29, 0.717) is 12.2 Å². The van der Waals surface area contributed by atoms with Crippen molar-refractivity contribution >= 4 is 23.7 Å². The van der Waals surface area contributed by atoms with Crippen molar-refractivity contribution in [3.63, 3.8) is 0 Å². The largest absolute Gasteiger partial charge is 0.394 e. The molecule has 0 radical (unpaired) electrons. The zero-order valence-corrected chi connectivity index (χ0v) is 16.7. The summed E-state index contributed by atoms with van der Waals surface area (Å²) in [4.78, 5) is 28.5. The summed E-state index contributed by atoms with van der Waals surface area (Å²) in [6.07, 6.45) is 3.97. The minimum atomic E-state index is -0.399. The van der Waals surface area contributed by atoms with Crippen LogP contribution < -0.4 is 5.32 Å². The first-order valence-corrected chi connectivity index (χ1v) is 9.98. The van der Waals surface area contributed by atoms with Gasteiger partial charge in [-0.15, -0.1) is 0 Å². The highest BCUT2D eigenvalue weighted by atomic mass is 19.1. The lowest BCUT2D eigenvalue weighted by Crippen LogP contribution is -2.73. The van der Waals surface area contributed by atoms with E-state index >= 15 is 0 Å². The molecular weight excluding hydrogens is 385 g/mol. The molecular formula is C23H24FN3O3. The number of hydrogen-bond acceptors (Lipinski definition) is 3. The van der Waals surface area contributed by atoms with Gasteiger partial charge in [-0.3, -0.25) is 4.79 Å². The van der Waals surface area contributed by atoms with E-state index < -0.39 is 6.03 Å². The summed E-state index contributed by atoms with van der Waals surface area (Å²) < 4.78 is 13.1. The normalized spacial score (nSPS) is 23.3. The Morgan fingerprint density at radius 2 is 1.90 bits per heavy atom. The molecule has 2 N–H and O–H groups in total. The summed E-state index contributed by atoms with van der Waals surface area (Å²) in [6, 6.07) is 12.7. The fourth-order valence-corrected chi connectivity index (χ4v) is 4.41. The molecule has 2 saturated heterocycles. The molecule has 30 heavy (non-hydrogen) atoms. The molecule has 6 nitrogen and oxygen atoms in total. The molecule has 0 unspecified atom stereocenters. The van der Waals surface area contributed by atoms with Gasteiger partial charge in [-0.05, 0) is 42.3 Å². The molecule has 2 aliphatic heterocycles. The van der Waals surface area contributed by atoms with Gasteiger partial charge in [-0.25, -0.2) is 9.18 Å². The first-order chi connectivity index (χ1) is 14.5. The Kier molecular flexibility index (Phi) is 5.55. The van der Waals surface area contributed by atoms with Crippen LogP contribution in [0.4, 0.5) is 14.9 Å². The number of nitrogens with zero attached hydrogens (tertiary/aromatic N) is 2. The number of hydrogen-bond donors (Lipinski definition) is 2. The van der Waals surface area contributed by atoms with E-state index in [2.05, 4.69) is 5.32 Å². The van der Waals surface area contributed by atoms with Crippen LogP contribution in [0, 0.1) is 5.82 Å². The van der Waals surface area contributed by atoms with Crippen LogP contribution in [0.1, 0.15) is 24.0 Å². The van der Waals surface area contributed by atoms with Crippen LogP contribution >= 0.6 is 0 Å². The first kappa shape index (κ1) is 20.1. The third-order valence-electron chi connectivity index (χ3n) is 5.82. The van der Waals surface area contributed by atoms with Crippen LogP contribution in [0.3, 0.4) is 0 Å². The predicted molar refractivity (Wildman–Crippen MR) is 112 cm³/mol. The predicted octanol–water partition coefficient (Wildman–Crippen LogP) is 3.06. The Hall–Kier alpha value is -3.19. The highest BCUT2D eigenvalue weighted by Gasteiger charge is 2.54. The number of aliphatic hydroxyl groups excluding tert-OH is 1. The van der Waals surface area contributed by atoms with Gasteiger partial charge in [-0.1, -0.05) is 36.4 Å². The van der Waals surface area contributed by atoms with Gasteiger partial charge in [0, 0.05) is 18.2 Å². The maximum atomic E-state index is 13.1. The van der Waals surface area contributed by atoms with Crippen LogP contribution in [0.15, 0.2) is 54.6 Å². The fraction of sp³-hybridized carbons (Fsp3) is 0.304. The summed E-state index contributed by atoms with van der Waals surface area (Å²) in [5.74, 6) is -0.606. The van der Waals surface area contributed by atoms with Crippen molar-refractivity contribution in [2.24, 2.45) is 0 Å². The molecule has 3 atom stereocenters. The Bertz CT molecular complexity index is 959. The number of fused-ring (bicyclic) bond motifs is 1. The number of rotatable bonds is 4. The van der Waals surface area contributed by atoms with Gasteiger partial charge in [0.25, 0.3) is 0 Å². The van der Waals surface area contributed by atoms with Gasteiger partial charge in [0.15, 0.2) is 0 Å². The second-order valence-corrected chi connectivity index (χ2v) is 7.63. The first-order valence-electron chi connectivity index (χ1n) is 9.98. The van der Waals surface area contributed by atoms with Crippen molar-refractivity contribution in [3.05, 3.63) is 71.6 Å². The van der Waals surface area contributed by atoms with Crippen LogP contribution in [0.5, 0.6) is 0 Å². The molecule has 2 aromatic rings. The molecule has 0 aromatic heterocycles. The highest BCUT2D eigenvalue weighted by molar-refractivity contribution is 5.93. The molecule has 3 amide bonds. The van der Waals surface area contributed by atoms with Crippen molar-refractivity contribution in [2.45, 2.75) is 24.9 Å². The minimum Gasteiger partial charge on any atom is -0.394 e. The fourth-order valence-electron chi connectivity index (χ4n) is 4.41. The number of halogens is 1. The monoisotopic (exact) mass is 409 g/mol. The number of benzene rings is 2. The number of nitrogens with one attached hydrogen (secondary N) is 1. The standard InChI is InChI=1S/C23H24FN3O3/c1-2-3-15-4-6-16(7-5-15)22-19-12-26(13-21(29)27(19)20(22)14-28)23(30)25-18-10-8-17(24)9-11-18/h2-11,19-20,22,28H,12-14H2,1H3,(H,25,30)/b3-2+/t19-,20-,22-/m1/s1. The number of urea groups is 1. The van der Waals surface area contributed by atoms with E-state index in [-0.39, 0.29) is 42.9 Å².